The van der Waals surface area contributed by atoms with Crippen molar-refractivity contribution in [2.75, 3.05) is 20.3 Å². The van der Waals surface area contributed by atoms with E-state index in [1.165, 1.54) is 41.5 Å². The number of nitrogens with one attached hydrogen (secondary N) is 1. The van der Waals surface area contributed by atoms with Crippen LogP contribution in [0, 0.1) is 5.82 Å². The lowest BCUT2D eigenvalue weighted by Gasteiger charge is -2.14. The summed E-state index contributed by atoms with van der Waals surface area (Å²) in [5, 5.41) is 2.74. The minimum absolute atomic E-state index is 0.0190. The van der Waals surface area contributed by atoms with Crippen LogP contribution in [0.25, 0.3) is 17.2 Å². The molecule has 0 unspecified atom stereocenters. The van der Waals surface area contributed by atoms with Crippen LogP contribution in [0.5, 0.6) is 0 Å². The van der Waals surface area contributed by atoms with Gasteiger partial charge in [0.1, 0.15) is 12.4 Å². The van der Waals surface area contributed by atoms with Gasteiger partial charge < -0.3 is 14.8 Å². The van der Waals surface area contributed by atoms with Gasteiger partial charge in [0.05, 0.1) is 12.7 Å². The second-order valence-electron chi connectivity index (χ2n) is 7.67. The number of alkyl carbamates (subject to hydrolysis) is 1. The van der Waals surface area contributed by atoms with Crippen molar-refractivity contribution >= 4 is 18.1 Å². The van der Waals surface area contributed by atoms with Crippen LogP contribution in [0.1, 0.15) is 39.4 Å². The zero-order chi connectivity index (χ0) is 23.2. The topological polar surface area (TPSA) is 64.6 Å². The number of hydrogen-bond acceptors (Lipinski definition) is 4. The number of amides is 1. The third-order valence-corrected chi connectivity index (χ3v) is 5.63. The van der Waals surface area contributed by atoms with Gasteiger partial charge in [0.25, 0.3) is 0 Å². The van der Waals surface area contributed by atoms with Crippen LogP contribution < -0.4 is 5.32 Å². The number of halogens is 1. The summed E-state index contributed by atoms with van der Waals surface area (Å²) in [7, 11) is 1.21. The largest absolute Gasteiger partial charge is 0.465 e. The number of hydrogen-bond donors (Lipinski definition) is 1. The first-order valence-corrected chi connectivity index (χ1v) is 10.7. The van der Waals surface area contributed by atoms with Crippen LogP contribution in [0.3, 0.4) is 0 Å². The molecular formula is C27H24FNO4. The van der Waals surface area contributed by atoms with Crippen molar-refractivity contribution in [2.45, 2.75) is 12.3 Å². The number of benzene rings is 3. The van der Waals surface area contributed by atoms with E-state index in [4.69, 9.17) is 4.74 Å². The fourth-order valence-electron chi connectivity index (χ4n) is 4.04. The van der Waals surface area contributed by atoms with Gasteiger partial charge in [-0.2, -0.15) is 0 Å². The molecule has 0 aliphatic heterocycles. The molecule has 3 aromatic rings. The summed E-state index contributed by atoms with van der Waals surface area (Å²) in [6.07, 6.45) is 3.67. The lowest BCUT2D eigenvalue weighted by molar-refractivity contribution is 0.0595. The monoisotopic (exact) mass is 445 g/mol. The normalized spacial score (nSPS) is 12.3. The predicted molar refractivity (Wildman–Crippen MR) is 124 cm³/mol. The molecule has 168 valence electrons. The van der Waals surface area contributed by atoms with Crippen LogP contribution >= 0.6 is 0 Å². The number of rotatable bonds is 7. The SMILES string of the molecule is COC(=O)c1cc(C=CCCNC(=O)OCC2c3ccccc3-c3ccccc32)ccc1F. The molecule has 0 bridgehead atoms. The zero-order valence-electron chi connectivity index (χ0n) is 18.2. The predicted octanol–water partition coefficient (Wildman–Crippen LogP) is 5.55. The van der Waals surface area contributed by atoms with Crippen molar-refractivity contribution in [3.8, 4) is 11.1 Å². The minimum atomic E-state index is -0.723. The van der Waals surface area contributed by atoms with Crippen LogP contribution in [0.15, 0.2) is 72.8 Å². The number of carbonyl (C=O) groups is 2. The van der Waals surface area contributed by atoms with Gasteiger partial charge in [0.2, 0.25) is 0 Å². The summed E-state index contributed by atoms with van der Waals surface area (Å²) in [6, 6.07) is 20.6. The summed E-state index contributed by atoms with van der Waals surface area (Å²) in [5.74, 6) is -1.33. The van der Waals surface area contributed by atoms with Gasteiger partial charge >= 0.3 is 12.1 Å². The van der Waals surface area contributed by atoms with E-state index in [1.807, 2.05) is 30.3 Å². The Balaban J connectivity index is 1.27. The molecule has 0 heterocycles. The quantitative estimate of drug-likeness (QED) is 0.382. The van der Waals surface area contributed by atoms with Gasteiger partial charge in [-0.15, -0.1) is 0 Å². The first kappa shape index (κ1) is 22.3. The highest BCUT2D eigenvalue weighted by Gasteiger charge is 2.28. The Kier molecular flexibility index (Phi) is 6.83. The van der Waals surface area contributed by atoms with Gasteiger partial charge in [-0.25, -0.2) is 14.0 Å². The summed E-state index contributed by atoms with van der Waals surface area (Å²) < 4.78 is 23.8. The maximum absolute atomic E-state index is 13.7. The molecule has 3 aromatic carbocycles. The number of ether oxygens (including phenoxy) is 2. The third kappa shape index (κ3) is 4.95. The summed E-state index contributed by atoms with van der Waals surface area (Å²) in [5.41, 5.74) is 5.25. The highest BCUT2D eigenvalue weighted by molar-refractivity contribution is 5.90. The molecule has 0 fully saturated rings. The fraction of sp³-hybridized carbons (Fsp3) is 0.185. The Morgan fingerprint density at radius 2 is 1.67 bits per heavy atom. The van der Waals surface area contributed by atoms with Gasteiger partial charge in [-0.05, 0) is 46.4 Å². The first-order chi connectivity index (χ1) is 16.1. The molecule has 0 spiro atoms. The first-order valence-electron chi connectivity index (χ1n) is 10.7. The maximum Gasteiger partial charge on any atom is 0.407 e. The van der Waals surface area contributed by atoms with Gasteiger partial charge in [0.15, 0.2) is 0 Å². The van der Waals surface area contributed by atoms with Crippen molar-refractivity contribution < 1.29 is 23.5 Å². The van der Waals surface area contributed by atoms with Gasteiger partial charge in [-0.3, -0.25) is 0 Å². The van der Waals surface area contributed by atoms with E-state index in [1.54, 1.807) is 12.1 Å². The Hall–Kier alpha value is -3.93. The van der Waals surface area contributed by atoms with Gasteiger partial charge in [0, 0.05) is 12.5 Å². The van der Waals surface area contributed by atoms with Gasteiger partial charge in [-0.1, -0.05) is 66.7 Å². The third-order valence-electron chi connectivity index (χ3n) is 5.63. The molecule has 6 heteroatoms. The summed E-state index contributed by atoms with van der Waals surface area (Å²) in [4.78, 5) is 23.8. The maximum atomic E-state index is 13.7. The van der Waals surface area contributed by atoms with Crippen molar-refractivity contribution in [1.29, 1.82) is 0 Å². The average Bonchev–Trinajstić information content (AvgIpc) is 3.16. The molecule has 1 N–H and O–H groups in total. The van der Waals surface area contributed by atoms with E-state index in [2.05, 4.69) is 34.3 Å². The van der Waals surface area contributed by atoms with Crippen LogP contribution in [0.4, 0.5) is 9.18 Å². The van der Waals surface area contributed by atoms with Crippen molar-refractivity contribution in [3.05, 3.63) is 101 Å². The van der Waals surface area contributed by atoms with Crippen LogP contribution in [-0.4, -0.2) is 32.3 Å². The molecule has 1 amide bonds. The van der Waals surface area contributed by atoms with Crippen LogP contribution in [0.2, 0.25) is 0 Å². The molecule has 1 aliphatic carbocycles. The van der Waals surface area contributed by atoms with E-state index in [-0.39, 0.29) is 18.1 Å². The molecule has 0 aromatic heterocycles. The Morgan fingerprint density at radius 3 is 2.33 bits per heavy atom. The second-order valence-corrected chi connectivity index (χ2v) is 7.67. The van der Waals surface area contributed by atoms with Crippen molar-refractivity contribution in [1.82, 2.24) is 5.32 Å². The molecule has 33 heavy (non-hydrogen) atoms. The van der Waals surface area contributed by atoms with Crippen molar-refractivity contribution in [2.24, 2.45) is 0 Å². The number of fused-ring (bicyclic) bond motifs is 3. The minimum Gasteiger partial charge on any atom is -0.465 e. The highest BCUT2D eigenvalue weighted by Crippen LogP contribution is 2.44. The summed E-state index contributed by atoms with van der Waals surface area (Å²) in [6.45, 7) is 0.653. The molecule has 0 saturated carbocycles. The fourth-order valence-corrected chi connectivity index (χ4v) is 4.04. The summed E-state index contributed by atoms with van der Waals surface area (Å²) >= 11 is 0. The lowest BCUT2D eigenvalue weighted by Crippen LogP contribution is -2.26. The number of esters is 1. The molecule has 1 aliphatic rings. The smallest absolute Gasteiger partial charge is 0.407 e. The number of methoxy groups -OCH3 is 1. The van der Waals surface area contributed by atoms with E-state index >= 15 is 0 Å². The van der Waals surface area contributed by atoms with Crippen LogP contribution in [-0.2, 0) is 9.47 Å². The molecule has 0 atom stereocenters. The van der Waals surface area contributed by atoms with Crippen molar-refractivity contribution in [3.63, 3.8) is 0 Å². The molecular weight excluding hydrogens is 421 g/mol. The van der Waals surface area contributed by atoms with E-state index in [9.17, 15) is 14.0 Å². The second kappa shape index (κ2) is 10.1. The molecule has 0 saturated heterocycles. The average molecular weight is 445 g/mol. The van der Waals surface area contributed by atoms with E-state index in [0.717, 1.165) is 0 Å². The molecule has 4 rings (SSSR count). The number of carbonyl (C=O) groups excluding carboxylic acids is 2. The lowest BCUT2D eigenvalue weighted by atomic mass is 9.98. The van der Waals surface area contributed by atoms with E-state index in [0.29, 0.717) is 18.5 Å². The standard InChI is InChI=1S/C27H24FNO4/c1-32-26(30)23-16-18(13-14-25(23)28)8-6-7-15-29-27(31)33-17-24-21-11-4-2-9-19(21)20-10-3-5-12-22(20)24/h2-6,8-14,16,24H,7,15,17H2,1H3,(H,29,31). The molecule has 0 radical (unpaired) electrons. The Morgan fingerprint density at radius 1 is 1.00 bits per heavy atom. The zero-order valence-corrected chi connectivity index (χ0v) is 18.2. The Bertz CT molecular complexity index is 1160. The molecule has 5 nitrogen and oxygen atoms in total. The highest BCUT2D eigenvalue weighted by atomic mass is 19.1. The Labute approximate surface area is 191 Å². The van der Waals surface area contributed by atoms with E-state index < -0.39 is 17.9 Å².